The molecular weight excluding hydrogens is 394 g/mol. The van der Waals surface area contributed by atoms with Crippen LogP contribution < -0.4 is 15.5 Å². The molecule has 31 heavy (non-hydrogen) atoms. The van der Waals surface area contributed by atoms with Gasteiger partial charge in [-0.2, -0.15) is 5.10 Å². The van der Waals surface area contributed by atoms with E-state index in [0.29, 0.717) is 13.2 Å². The van der Waals surface area contributed by atoms with Gasteiger partial charge in [0.25, 0.3) is 0 Å². The zero-order chi connectivity index (χ0) is 21.5. The van der Waals surface area contributed by atoms with Crippen LogP contribution >= 0.6 is 0 Å². The molecule has 9 nitrogen and oxygen atoms in total. The van der Waals surface area contributed by atoms with E-state index in [9.17, 15) is 0 Å². The molecule has 4 rings (SSSR count). The average molecular weight is 428 g/mol. The summed E-state index contributed by atoms with van der Waals surface area (Å²) >= 11 is 0. The van der Waals surface area contributed by atoms with Gasteiger partial charge in [0.05, 0.1) is 26.3 Å². The molecule has 2 N–H and O–H groups in total. The van der Waals surface area contributed by atoms with Crippen molar-refractivity contribution in [3.8, 4) is 0 Å². The van der Waals surface area contributed by atoms with Crippen LogP contribution in [-0.4, -0.2) is 66.7 Å². The van der Waals surface area contributed by atoms with Crippen LogP contribution in [0.2, 0.25) is 0 Å². The molecule has 0 radical (unpaired) electrons. The summed E-state index contributed by atoms with van der Waals surface area (Å²) in [5, 5.41) is 11.5. The van der Waals surface area contributed by atoms with Gasteiger partial charge in [0, 0.05) is 44.9 Å². The van der Waals surface area contributed by atoms with Gasteiger partial charge in [0.15, 0.2) is 11.8 Å². The molecule has 1 fully saturated rings. The Hall–Kier alpha value is -2.65. The second-order valence-electron chi connectivity index (χ2n) is 7.86. The number of aliphatic imine (C=N–C) groups is 1. The van der Waals surface area contributed by atoms with Gasteiger partial charge in [0.2, 0.25) is 0 Å². The van der Waals surface area contributed by atoms with E-state index in [4.69, 9.17) is 14.5 Å². The minimum absolute atomic E-state index is 0.261. The van der Waals surface area contributed by atoms with Gasteiger partial charge in [-0.25, -0.2) is 14.7 Å². The summed E-state index contributed by atoms with van der Waals surface area (Å²) in [6.45, 7) is 8.16. The van der Waals surface area contributed by atoms with Gasteiger partial charge in [-0.05, 0) is 25.0 Å². The van der Waals surface area contributed by atoms with Crippen molar-refractivity contribution in [2.75, 3.05) is 44.9 Å². The highest BCUT2D eigenvalue weighted by Gasteiger charge is 2.22. The summed E-state index contributed by atoms with van der Waals surface area (Å²) in [5.41, 5.74) is 2.48. The number of nitrogens with zero attached hydrogens (tertiary/aromatic N) is 5. The summed E-state index contributed by atoms with van der Waals surface area (Å²) in [6.07, 6.45) is 1.90. The van der Waals surface area contributed by atoms with Crippen molar-refractivity contribution in [2.24, 2.45) is 4.99 Å². The molecule has 2 aromatic rings. The second kappa shape index (κ2) is 10.6. The third-order valence-electron chi connectivity index (χ3n) is 5.61. The first-order chi connectivity index (χ1) is 15.3. The van der Waals surface area contributed by atoms with Crippen LogP contribution in [0.4, 0.5) is 5.69 Å². The highest BCUT2D eigenvalue weighted by atomic mass is 16.5. The zero-order valence-corrected chi connectivity index (χ0v) is 18.5. The summed E-state index contributed by atoms with van der Waals surface area (Å²) in [6, 6.07) is 8.78. The molecule has 2 aliphatic heterocycles. The number of fused-ring (bicyclic) bond motifs is 1. The number of aryl methyl sites for hydroxylation is 1. The predicted octanol–water partition coefficient (Wildman–Crippen LogP) is 1.33. The van der Waals surface area contributed by atoms with Crippen LogP contribution in [0.25, 0.3) is 0 Å². The van der Waals surface area contributed by atoms with E-state index in [1.165, 1.54) is 11.3 Å². The van der Waals surface area contributed by atoms with E-state index in [2.05, 4.69) is 56.8 Å². The van der Waals surface area contributed by atoms with Crippen molar-refractivity contribution in [3.63, 3.8) is 0 Å². The van der Waals surface area contributed by atoms with Crippen LogP contribution in [-0.2, 0) is 35.6 Å². The molecule has 0 bridgehead atoms. The van der Waals surface area contributed by atoms with E-state index in [1.807, 2.05) is 4.68 Å². The Balaban J connectivity index is 1.42. The minimum Gasteiger partial charge on any atom is -0.378 e. The molecule has 0 amide bonds. The van der Waals surface area contributed by atoms with Crippen LogP contribution in [0.15, 0.2) is 29.3 Å². The lowest BCUT2D eigenvalue weighted by Crippen LogP contribution is -2.47. The first-order valence-electron chi connectivity index (χ1n) is 11.1. The topological polar surface area (TPSA) is 88.8 Å². The number of para-hydroxylation sites is 1. The highest BCUT2D eigenvalue weighted by Crippen LogP contribution is 2.22. The molecule has 0 saturated carbocycles. The lowest BCUT2D eigenvalue weighted by Gasteiger charge is -2.30. The van der Waals surface area contributed by atoms with E-state index in [0.717, 1.165) is 69.8 Å². The molecule has 0 spiro atoms. The number of methoxy groups -OCH3 is 1. The first-order valence-corrected chi connectivity index (χ1v) is 11.1. The number of nitrogens with one attached hydrogen (secondary N) is 2. The zero-order valence-electron chi connectivity index (χ0n) is 18.5. The molecular formula is C22H33N7O2. The number of guanidine groups is 1. The normalized spacial score (nSPS) is 19.2. The van der Waals surface area contributed by atoms with Crippen molar-refractivity contribution in [1.29, 1.82) is 0 Å². The summed E-state index contributed by atoms with van der Waals surface area (Å²) in [4.78, 5) is 11.8. The maximum absolute atomic E-state index is 5.51. The number of hydrogen-bond donors (Lipinski definition) is 2. The van der Waals surface area contributed by atoms with Gasteiger partial charge >= 0.3 is 0 Å². The van der Waals surface area contributed by atoms with E-state index in [-0.39, 0.29) is 6.04 Å². The Kier molecular flexibility index (Phi) is 7.37. The molecule has 1 atom stereocenters. The lowest BCUT2D eigenvalue weighted by atomic mass is 10.1. The fourth-order valence-electron chi connectivity index (χ4n) is 4.10. The molecule has 1 aromatic heterocycles. The quantitative estimate of drug-likeness (QED) is 0.509. The number of benzene rings is 1. The second-order valence-corrected chi connectivity index (χ2v) is 7.86. The molecule has 9 heteroatoms. The molecule has 2 aliphatic rings. The fourth-order valence-corrected chi connectivity index (χ4v) is 4.10. The molecule has 168 valence electrons. The van der Waals surface area contributed by atoms with Gasteiger partial charge in [-0.1, -0.05) is 18.2 Å². The highest BCUT2D eigenvalue weighted by molar-refractivity contribution is 5.80. The van der Waals surface area contributed by atoms with Crippen molar-refractivity contribution in [2.45, 2.75) is 45.5 Å². The number of ether oxygens (including phenoxy) is 2. The Bertz CT molecular complexity index is 876. The Labute approximate surface area is 183 Å². The van der Waals surface area contributed by atoms with Crippen molar-refractivity contribution in [1.82, 2.24) is 25.4 Å². The van der Waals surface area contributed by atoms with Crippen molar-refractivity contribution >= 4 is 11.6 Å². The largest absolute Gasteiger partial charge is 0.378 e. The molecule has 0 aliphatic carbocycles. The maximum Gasteiger partial charge on any atom is 0.191 e. The van der Waals surface area contributed by atoms with Crippen LogP contribution in [0.5, 0.6) is 0 Å². The fraction of sp³-hybridized carbons (Fsp3) is 0.591. The smallest absolute Gasteiger partial charge is 0.191 e. The third-order valence-corrected chi connectivity index (χ3v) is 5.61. The lowest BCUT2D eigenvalue weighted by molar-refractivity contribution is 0.122. The Morgan fingerprint density at radius 2 is 2.13 bits per heavy atom. The monoisotopic (exact) mass is 427 g/mol. The summed E-state index contributed by atoms with van der Waals surface area (Å²) in [5.74, 6) is 2.62. The van der Waals surface area contributed by atoms with Gasteiger partial charge in [-0.3, -0.25) is 0 Å². The van der Waals surface area contributed by atoms with Crippen molar-refractivity contribution < 1.29 is 9.47 Å². The predicted molar refractivity (Wildman–Crippen MR) is 120 cm³/mol. The first kappa shape index (κ1) is 21.6. The minimum atomic E-state index is 0.261. The molecule has 1 unspecified atom stereocenters. The molecule has 1 saturated heterocycles. The molecule has 3 heterocycles. The number of hydrogen-bond acceptors (Lipinski definition) is 6. The number of rotatable bonds is 7. The van der Waals surface area contributed by atoms with E-state index < -0.39 is 0 Å². The Morgan fingerprint density at radius 3 is 2.94 bits per heavy atom. The Morgan fingerprint density at radius 1 is 1.29 bits per heavy atom. The van der Waals surface area contributed by atoms with Crippen LogP contribution in [0, 0.1) is 0 Å². The van der Waals surface area contributed by atoms with Crippen LogP contribution in [0.1, 0.15) is 30.6 Å². The molecule has 1 aromatic carbocycles. The summed E-state index contributed by atoms with van der Waals surface area (Å²) in [7, 11) is 1.67. The van der Waals surface area contributed by atoms with Crippen LogP contribution in [0.3, 0.4) is 0 Å². The third kappa shape index (κ3) is 5.54. The van der Waals surface area contributed by atoms with Gasteiger partial charge in [-0.15, -0.1) is 0 Å². The number of anilines is 1. The SMILES string of the molecule is CCNC(=NCc1ccccc1N1CCOCC1)NC1CCc2nc(COC)nn2C1. The number of morpholine rings is 1. The standard InChI is InChI=1S/C22H33N7O2/c1-3-23-22(25-18-8-9-21-26-20(16-30-2)27-29(21)15-18)24-14-17-6-4-5-7-19(17)28-10-12-31-13-11-28/h4-7,18H,3,8-16H2,1-2H3,(H2,23,24,25). The van der Waals surface area contributed by atoms with E-state index >= 15 is 0 Å². The maximum atomic E-state index is 5.51. The van der Waals surface area contributed by atoms with Crippen molar-refractivity contribution in [3.05, 3.63) is 41.5 Å². The average Bonchev–Trinajstić information content (AvgIpc) is 3.20. The number of aromatic nitrogens is 3. The summed E-state index contributed by atoms with van der Waals surface area (Å²) < 4.78 is 12.7. The van der Waals surface area contributed by atoms with Gasteiger partial charge in [0.1, 0.15) is 12.4 Å². The van der Waals surface area contributed by atoms with E-state index in [1.54, 1.807) is 7.11 Å². The van der Waals surface area contributed by atoms with Gasteiger partial charge < -0.3 is 25.0 Å².